The van der Waals surface area contributed by atoms with Gasteiger partial charge in [-0.05, 0) is 44.9 Å². The third kappa shape index (κ3) is 35.3. The Bertz CT molecular complexity index is 844. The molecule has 0 amide bonds. The summed E-state index contributed by atoms with van der Waals surface area (Å²) in [5.41, 5.74) is 5.19. The van der Waals surface area contributed by atoms with Crippen LogP contribution in [0.5, 0.6) is 0 Å². The number of aliphatic hydroxyl groups is 1. The summed E-state index contributed by atoms with van der Waals surface area (Å²) in [6.45, 7) is 1.35. The lowest BCUT2D eigenvalue weighted by atomic mass is 10.0. The van der Waals surface area contributed by atoms with Crippen molar-refractivity contribution in [2.45, 2.75) is 154 Å². The summed E-state index contributed by atoms with van der Waals surface area (Å²) in [5, 5.41) is 9.75. The van der Waals surface area contributed by atoms with Gasteiger partial charge >= 0.3 is 13.8 Å². The van der Waals surface area contributed by atoms with Crippen molar-refractivity contribution in [1.82, 2.24) is 0 Å². The van der Waals surface area contributed by atoms with E-state index in [1.54, 1.807) is 0 Å². The van der Waals surface area contributed by atoms with Crippen molar-refractivity contribution >= 4 is 13.8 Å². The number of phosphoric acid groups is 1. The van der Waals surface area contributed by atoms with Crippen LogP contribution in [0.2, 0.25) is 0 Å². The molecular formula is C37H68NO7P. The molecule has 0 heterocycles. The molecule has 0 aliphatic heterocycles. The number of carbonyl (C=O) groups excluding carboxylic acids is 1. The molecule has 0 radical (unpaired) electrons. The Morgan fingerprint density at radius 2 is 1.09 bits per heavy atom. The van der Waals surface area contributed by atoms with Crippen LogP contribution in [0.1, 0.15) is 148 Å². The van der Waals surface area contributed by atoms with Gasteiger partial charge in [-0.25, -0.2) is 4.57 Å². The first-order chi connectivity index (χ1) is 22.4. The van der Waals surface area contributed by atoms with Crippen molar-refractivity contribution in [3.63, 3.8) is 0 Å². The molecule has 9 heteroatoms. The summed E-state index contributed by atoms with van der Waals surface area (Å²) in [6.07, 6.45) is 42.8. The van der Waals surface area contributed by atoms with Gasteiger partial charge in [0.2, 0.25) is 0 Å². The van der Waals surface area contributed by atoms with E-state index < -0.39 is 20.5 Å². The average molecular weight is 670 g/mol. The van der Waals surface area contributed by atoms with E-state index >= 15 is 0 Å². The predicted molar refractivity (Wildman–Crippen MR) is 192 cm³/mol. The molecule has 0 bridgehead atoms. The van der Waals surface area contributed by atoms with Gasteiger partial charge in [0.25, 0.3) is 0 Å². The van der Waals surface area contributed by atoms with Crippen LogP contribution in [0, 0.1) is 0 Å². The zero-order valence-electron chi connectivity index (χ0n) is 29.0. The van der Waals surface area contributed by atoms with E-state index in [-0.39, 0.29) is 25.7 Å². The van der Waals surface area contributed by atoms with Gasteiger partial charge in [-0.15, -0.1) is 0 Å². The largest absolute Gasteiger partial charge is 0.472 e. The summed E-state index contributed by atoms with van der Waals surface area (Å²) in [5.74, 6) is -0.386. The molecule has 0 rings (SSSR count). The minimum atomic E-state index is -4.25. The molecule has 0 spiro atoms. The Morgan fingerprint density at radius 1 is 0.652 bits per heavy atom. The van der Waals surface area contributed by atoms with Crippen LogP contribution < -0.4 is 5.73 Å². The maximum absolute atomic E-state index is 11.8. The van der Waals surface area contributed by atoms with Crippen molar-refractivity contribution in [3.8, 4) is 0 Å². The van der Waals surface area contributed by atoms with Gasteiger partial charge in [-0.2, -0.15) is 0 Å². The highest BCUT2D eigenvalue weighted by Gasteiger charge is 2.22. The van der Waals surface area contributed by atoms with Crippen LogP contribution >= 0.6 is 7.82 Å². The molecule has 0 saturated heterocycles. The van der Waals surface area contributed by atoms with E-state index in [0.717, 1.165) is 44.9 Å². The first kappa shape index (κ1) is 44.5. The lowest BCUT2D eigenvalue weighted by Gasteiger charge is -2.15. The average Bonchev–Trinajstić information content (AvgIpc) is 3.04. The zero-order valence-corrected chi connectivity index (χ0v) is 29.9. The van der Waals surface area contributed by atoms with E-state index in [4.69, 9.17) is 10.5 Å². The Morgan fingerprint density at radius 3 is 1.57 bits per heavy atom. The fraction of sp³-hybridized carbons (Fsp3) is 0.757. The van der Waals surface area contributed by atoms with Crippen molar-refractivity contribution in [2.75, 3.05) is 26.4 Å². The molecule has 0 fully saturated rings. The summed E-state index contributed by atoms with van der Waals surface area (Å²) >= 11 is 0. The van der Waals surface area contributed by atoms with Gasteiger partial charge in [-0.3, -0.25) is 13.8 Å². The summed E-state index contributed by atoms with van der Waals surface area (Å²) < 4.78 is 25.7. The Labute approximate surface area is 281 Å². The van der Waals surface area contributed by atoms with Gasteiger partial charge in [-0.1, -0.05) is 145 Å². The van der Waals surface area contributed by atoms with Gasteiger partial charge in [0, 0.05) is 13.0 Å². The van der Waals surface area contributed by atoms with Crippen LogP contribution in [0.3, 0.4) is 0 Å². The SMILES string of the molecule is CC/C=C\C/C=C\C/C=C\C/C=C\CCCCCCCCCCCCCCCCCCC(=O)OCC(O)COP(=O)(O)OCCN. The minimum Gasteiger partial charge on any atom is -0.463 e. The normalized spacial score (nSPS) is 14.3. The number of hydrogen-bond acceptors (Lipinski definition) is 7. The zero-order chi connectivity index (χ0) is 33.8. The number of carbonyl (C=O) groups is 1. The fourth-order valence-corrected chi connectivity index (χ4v) is 5.57. The van der Waals surface area contributed by atoms with E-state index in [2.05, 4.69) is 64.6 Å². The smallest absolute Gasteiger partial charge is 0.463 e. The molecule has 4 N–H and O–H groups in total. The number of aliphatic hydroxyl groups excluding tert-OH is 1. The number of nitrogens with two attached hydrogens (primary N) is 1. The summed E-state index contributed by atoms with van der Waals surface area (Å²) in [4.78, 5) is 21.2. The number of allylic oxidation sites excluding steroid dienone is 8. The predicted octanol–water partition coefficient (Wildman–Crippen LogP) is 9.81. The number of ether oxygens (including phenoxy) is 1. The molecule has 46 heavy (non-hydrogen) atoms. The second kappa shape index (κ2) is 34.8. The second-order valence-electron chi connectivity index (χ2n) is 11.9. The summed E-state index contributed by atoms with van der Waals surface area (Å²) in [6, 6.07) is 0. The molecule has 0 aromatic carbocycles. The van der Waals surface area contributed by atoms with E-state index in [1.165, 1.54) is 89.9 Å². The third-order valence-electron chi connectivity index (χ3n) is 7.46. The van der Waals surface area contributed by atoms with E-state index in [0.29, 0.717) is 6.42 Å². The van der Waals surface area contributed by atoms with Gasteiger partial charge in [0.05, 0.1) is 13.2 Å². The van der Waals surface area contributed by atoms with E-state index in [9.17, 15) is 19.4 Å². The topological polar surface area (TPSA) is 128 Å². The fourth-order valence-electron chi connectivity index (χ4n) is 4.80. The molecule has 2 atom stereocenters. The van der Waals surface area contributed by atoms with Crippen LogP contribution in [0.25, 0.3) is 0 Å². The molecular weight excluding hydrogens is 601 g/mol. The molecule has 0 aromatic heterocycles. The Balaban J connectivity index is 3.36. The van der Waals surface area contributed by atoms with Gasteiger partial charge in [0.15, 0.2) is 0 Å². The molecule has 0 aromatic rings. The van der Waals surface area contributed by atoms with Crippen LogP contribution in [0.15, 0.2) is 48.6 Å². The third-order valence-corrected chi connectivity index (χ3v) is 8.44. The highest BCUT2D eigenvalue weighted by atomic mass is 31.2. The lowest BCUT2D eigenvalue weighted by Crippen LogP contribution is -2.23. The van der Waals surface area contributed by atoms with Crippen molar-refractivity contribution in [3.05, 3.63) is 48.6 Å². The van der Waals surface area contributed by atoms with Crippen LogP contribution in [0.4, 0.5) is 0 Å². The lowest BCUT2D eigenvalue weighted by molar-refractivity contribution is -0.147. The maximum atomic E-state index is 11.8. The summed E-state index contributed by atoms with van der Waals surface area (Å²) in [7, 11) is -4.25. The van der Waals surface area contributed by atoms with Gasteiger partial charge < -0.3 is 20.5 Å². The molecule has 268 valence electrons. The van der Waals surface area contributed by atoms with Gasteiger partial charge in [0.1, 0.15) is 12.7 Å². The monoisotopic (exact) mass is 669 g/mol. The molecule has 0 aliphatic rings. The Hall–Kier alpha value is -1.54. The van der Waals surface area contributed by atoms with Crippen molar-refractivity contribution < 1.29 is 33.1 Å². The number of phosphoric ester groups is 1. The maximum Gasteiger partial charge on any atom is 0.472 e. The quantitative estimate of drug-likeness (QED) is 0.0267. The molecule has 8 nitrogen and oxygen atoms in total. The first-order valence-electron chi connectivity index (χ1n) is 18.2. The number of esters is 1. The minimum absolute atomic E-state index is 0.0736. The first-order valence-corrected chi connectivity index (χ1v) is 19.7. The molecule has 0 aliphatic carbocycles. The standard InChI is InChI=1S/C37H68NO7P/c1-2-3-4-5-6-7-8-9-10-11-12-13-14-15-16-17-18-19-20-21-22-23-24-25-26-27-28-29-30-31-37(40)43-34-36(39)35-45-46(41,42)44-33-32-38/h3-4,6-7,9-10,12-13,36,39H,2,5,8,11,14-35,38H2,1H3,(H,41,42)/b4-3-,7-6-,10-9-,13-12-. The number of hydrogen-bond donors (Lipinski definition) is 3. The molecule has 2 unspecified atom stereocenters. The highest BCUT2D eigenvalue weighted by molar-refractivity contribution is 7.47. The number of unbranched alkanes of at least 4 members (excludes halogenated alkanes) is 16. The van der Waals surface area contributed by atoms with Crippen LogP contribution in [-0.2, 0) is 23.1 Å². The van der Waals surface area contributed by atoms with E-state index in [1.807, 2.05) is 0 Å². The van der Waals surface area contributed by atoms with Crippen molar-refractivity contribution in [1.29, 1.82) is 0 Å². The van der Waals surface area contributed by atoms with Crippen LogP contribution in [-0.4, -0.2) is 48.4 Å². The second-order valence-corrected chi connectivity index (χ2v) is 13.4. The van der Waals surface area contributed by atoms with Crippen molar-refractivity contribution in [2.24, 2.45) is 5.73 Å². The number of rotatable bonds is 34. The Kier molecular flexibility index (Phi) is 33.6. The molecule has 0 saturated carbocycles. The highest BCUT2D eigenvalue weighted by Crippen LogP contribution is 2.42.